The Morgan fingerprint density at radius 2 is 1.85 bits per heavy atom. The van der Waals surface area contributed by atoms with Crippen LogP contribution >= 0.6 is 0 Å². The number of hydrogen-bond acceptors (Lipinski definition) is 4. The molecule has 1 heterocycles. The topological polar surface area (TPSA) is 50.8 Å². The van der Waals surface area contributed by atoms with Crippen LogP contribution in [0.3, 0.4) is 0 Å². The van der Waals surface area contributed by atoms with Crippen molar-refractivity contribution in [2.24, 2.45) is 5.92 Å². The first-order valence-corrected chi connectivity index (χ1v) is 11.5. The van der Waals surface area contributed by atoms with Crippen LogP contribution in [0.15, 0.2) is 66.7 Å². The highest BCUT2D eigenvalue weighted by atomic mass is 19.1. The number of nitrogens with one attached hydrogen (secondary N) is 1. The van der Waals surface area contributed by atoms with Gasteiger partial charge in [-0.2, -0.15) is 0 Å². The molecular weight excluding hydrogens is 431 g/mol. The van der Waals surface area contributed by atoms with Crippen molar-refractivity contribution in [3.63, 3.8) is 0 Å². The van der Waals surface area contributed by atoms with Crippen molar-refractivity contribution in [2.45, 2.75) is 25.8 Å². The van der Waals surface area contributed by atoms with E-state index in [4.69, 9.17) is 9.47 Å². The van der Waals surface area contributed by atoms with Crippen molar-refractivity contribution in [1.29, 1.82) is 0 Å². The van der Waals surface area contributed by atoms with Gasteiger partial charge in [0.15, 0.2) is 0 Å². The summed E-state index contributed by atoms with van der Waals surface area (Å²) in [4.78, 5) is 15.6. The number of piperidine rings is 1. The number of halogens is 1. The second-order valence-electron chi connectivity index (χ2n) is 8.88. The molecule has 6 heteroatoms. The number of hydrogen-bond donors (Lipinski definition) is 1. The average molecular weight is 463 g/mol. The number of likely N-dealkylation sites (tertiary alicyclic amines) is 1. The van der Waals surface area contributed by atoms with Gasteiger partial charge in [-0.25, -0.2) is 4.39 Å². The first-order valence-electron chi connectivity index (χ1n) is 11.5. The van der Waals surface area contributed by atoms with Crippen LogP contribution in [0.4, 0.5) is 10.1 Å². The normalized spacial score (nSPS) is 18.4. The van der Waals surface area contributed by atoms with Crippen LogP contribution in [0, 0.1) is 18.7 Å². The number of carbonyl (C=O) groups is 1. The van der Waals surface area contributed by atoms with E-state index in [0.717, 1.165) is 13.0 Å². The van der Waals surface area contributed by atoms with Gasteiger partial charge in [0.25, 0.3) is 0 Å². The molecule has 1 saturated heterocycles. The molecule has 0 aliphatic carbocycles. The number of benzene rings is 3. The van der Waals surface area contributed by atoms with Crippen LogP contribution in [0.2, 0.25) is 0 Å². The van der Waals surface area contributed by atoms with Gasteiger partial charge in [0.05, 0.1) is 25.8 Å². The standard InChI is InChI=1S/C28H31FN2O3/c1-19-7-6-9-20(13-19)22-14-23(18-31(17-22)16-21-8-4-5-10-25(21)29)28(32)30-26-12-11-24(33-2)15-27(26)34-3/h4-13,15,22-23H,14,16-18H2,1-3H3,(H,30,32). The Kier molecular flexibility index (Phi) is 7.48. The zero-order chi connectivity index (χ0) is 24.1. The van der Waals surface area contributed by atoms with Gasteiger partial charge >= 0.3 is 0 Å². The van der Waals surface area contributed by atoms with E-state index in [2.05, 4.69) is 41.4 Å². The second kappa shape index (κ2) is 10.7. The van der Waals surface area contributed by atoms with Crippen LogP contribution in [0.1, 0.15) is 29.0 Å². The summed E-state index contributed by atoms with van der Waals surface area (Å²) in [5.74, 6) is 0.834. The molecule has 0 aromatic heterocycles. The maximum atomic E-state index is 14.4. The minimum absolute atomic E-state index is 0.0700. The van der Waals surface area contributed by atoms with E-state index in [1.165, 1.54) is 17.2 Å². The van der Waals surface area contributed by atoms with E-state index in [-0.39, 0.29) is 23.6 Å². The highest BCUT2D eigenvalue weighted by molar-refractivity contribution is 5.94. The third-order valence-electron chi connectivity index (χ3n) is 6.43. The molecule has 0 bridgehead atoms. The number of methoxy groups -OCH3 is 2. The molecule has 4 rings (SSSR count). The summed E-state index contributed by atoms with van der Waals surface area (Å²) in [6.45, 7) is 3.86. The maximum absolute atomic E-state index is 14.4. The SMILES string of the molecule is COc1ccc(NC(=O)C2CC(c3cccc(C)c3)CN(Cc3ccccc3F)C2)c(OC)c1. The highest BCUT2D eigenvalue weighted by Crippen LogP contribution is 2.34. The monoisotopic (exact) mass is 462 g/mol. The minimum Gasteiger partial charge on any atom is -0.497 e. The number of ether oxygens (including phenoxy) is 2. The molecule has 0 spiro atoms. The van der Waals surface area contributed by atoms with Gasteiger partial charge in [-0.15, -0.1) is 0 Å². The number of rotatable bonds is 7. The summed E-state index contributed by atoms with van der Waals surface area (Å²) in [5, 5.41) is 3.04. The van der Waals surface area contributed by atoms with Gasteiger partial charge in [-0.05, 0) is 43.0 Å². The Morgan fingerprint density at radius 3 is 2.59 bits per heavy atom. The van der Waals surface area contributed by atoms with Gasteiger partial charge in [0, 0.05) is 31.3 Å². The van der Waals surface area contributed by atoms with Crippen molar-refractivity contribution in [3.8, 4) is 11.5 Å². The number of aryl methyl sites for hydroxylation is 1. The molecule has 3 aromatic rings. The predicted octanol–water partition coefficient (Wildman–Crippen LogP) is 5.40. The van der Waals surface area contributed by atoms with Gasteiger partial charge in [0.1, 0.15) is 17.3 Å². The van der Waals surface area contributed by atoms with E-state index < -0.39 is 0 Å². The fourth-order valence-electron chi connectivity index (χ4n) is 4.68. The smallest absolute Gasteiger partial charge is 0.228 e. The Bertz CT molecular complexity index is 1150. The highest BCUT2D eigenvalue weighted by Gasteiger charge is 2.33. The summed E-state index contributed by atoms with van der Waals surface area (Å²) in [6.07, 6.45) is 0.724. The third-order valence-corrected chi connectivity index (χ3v) is 6.43. The minimum atomic E-state index is -0.252. The molecular formula is C28H31FN2O3. The molecule has 1 fully saturated rings. The van der Waals surface area contributed by atoms with E-state index in [0.29, 0.717) is 35.8 Å². The lowest BCUT2D eigenvalue weighted by molar-refractivity contribution is -0.121. The number of amides is 1. The van der Waals surface area contributed by atoms with E-state index in [1.807, 2.05) is 12.1 Å². The predicted molar refractivity (Wildman–Crippen MR) is 132 cm³/mol. The fraction of sp³-hybridized carbons (Fsp3) is 0.321. The number of nitrogens with zero attached hydrogens (tertiary/aromatic N) is 1. The quantitative estimate of drug-likeness (QED) is 0.511. The Labute approximate surface area is 200 Å². The lowest BCUT2D eigenvalue weighted by Gasteiger charge is -2.37. The van der Waals surface area contributed by atoms with E-state index in [1.54, 1.807) is 38.5 Å². The molecule has 1 aliphatic rings. The van der Waals surface area contributed by atoms with Gasteiger partial charge < -0.3 is 14.8 Å². The lowest BCUT2D eigenvalue weighted by Crippen LogP contribution is -2.43. The summed E-state index contributed by atoms with van der Waals surface area (Å²) >= 11 is 0. The van der Waals surface area contributed by atoms with Crippen molar-refractivity contribution < 1.29 is 18.7 Å². The van der Waals surface area contributed by atoms with Gasteiger partial charge in [-0.1, -0.05) is 48.0 Å². The van der Waals surface area contributed by atoms with Crippen LogP contribution in [-0.2, 0) is 11.3 Å². The largest absolute Gasteiger partial charge is 0.497 e. The number of anilines is 1. The van der Waals surface area contributed by atoms with Crippen molar-refractivity contribution in [3.05, 3.63) is 89.2 Å². The molecule has 0 saturated carbocycles. The maximum Gasteiger partial charge on any atom is 0.228 e. The summed E-state index contributed by atoms with van der Waals surface area (Å²) in [5.41, 5.74) is 3.64. The average Bonchev–Trinajstić information content (AvgIpc) is 2.85. The van der Waals surface area contributed by atoms with Crippen molar-refractivity contribution >= 4 is 11.6 Å². The summed E-state index contributed by atoms with van der Waals surface area (Å²) < 4.78 is 25.1. The molecule has 2 unspecified atom stereocenters. The van der Waals surface area contributed by atoms with Crippen LogP contribution in [0.25, 0.3) is 0 Å². The van der Waals surface area contributed by atoms with Gasteiger partial charge in [-0.3, -0.25) is 9.69 Å². The first-order chi connectivity index (χ1) is 16.5. The molecule has 178 valence electrons. The summed E-state index contributed by atoms with van der Waals surface area (Å²) in [7, 11) is 3.15. The van der Waals surface area contributed by atoms with Crippen molar-refractivity contribution in [2.75, 3.05) is 32.6 Å². The Morgan fingerprint density at radius 1 is 1.03 bits per heavy atom. The van der Waals surface area contributed by atoms with Crippen LogP contribution < -0.4 is 14.8 Å². The fourth-order valence-corrected chi connectivity index (χ4v) is 4.68. The molecule has 0 radical (unpaired) electrons. The molecule has 1 aliphatic heterocycles. The lowest BCUT2D eigenvalue weighted by atomic mass is 9.83. The van der Waals surface area contributed by atoms with E-state index >= 15 is 0 Å². The Hall–Kier alpha value is -3.38. The molecule has 5 nitrogen and oxygen atoms in total. The number of carbonyl (C=O) groups excluding carboxylic acids is 1. The molecule has 34 heavy (non-hydrogen) atoms. The molecule has 1 N–H and O–H groups in total. The molecule has 3 aromatic carbocycles. The summed E-state index contributed by atoms with van der Waals surface area (Å²) in [6, 6.07) is 20.6. The van der Waals surface area contributed by atoms with Crippen LogP contribution in [0.5, 0.6) is 11.5 Å². The first kappa shape index (κ1) is 23.8. The van der Waals surface area contributed by atoms with Crippen LogP contribution in [-0.4, -0.2) is 38.1 Å². The third kappa shape index (κ3) is 5.57. The zero-order valence-corrected chi connectivity index (χ0v) is 19.9. The molecule has 2 atom stereocenters. The molecule has 1 amide bonds. The van der Waals surface area contributed by atoms with Gasteiger partial charge in [0.2, 0.25) is 5.91 Å². The van der Waals surface area contributed by atoms with E-state index in [9.17, 15) is 9.18 Å². The second-order valence-corrected chi connectivity index (χ2v) is 8.88. The van der Waals surface area contributed by atoms with Crippen molar-refractivity contribution in [1.82, 2.24) is 4.90 Å². The Balaban J connectivity index is 1.57. The zero-order valence-electron chi connectivity index (χ0n) is 19.9.